The number of rotatable bonds is 2. The van der Waals surface area contributed by atoms with E-state index in [9.17, 15) is 8.42 Å². The van der Waals surface area contributed by atoms with Crippen molar-refractivity contribution in [3.63, 3.8) is 0 Å². The van der Waals surface area contributed by atoms with Gasteiger partial charge in [-0.2, -0.15) is 9.40 Å². The highest BCUT2D eigenvalue weighted by molar-refractivity contribution is 7.89. The summed E-state index contributed by atoms with van der Waals surface area (Å²) in [5.41, 5.74) is 5.69. The lowest BCUT2D eigenvalue weighted by Crippen LogP contribution is -2.47. The molecule has 2 heterocycles. The molecule has 2 unspecified atom stereocenters. The summed E-state index contributed by atoms with van der Waals surface area (Å²) in [7, 11) is -1.88. The number of aryl methyl sites for hydroxylation is 1. The fourth-order valence-corrected chi connectivity index (χ4v) is 4.64. The van der Waals surface area contributed by atoms with Gasteiger partial charge in [0.05, 0.1) is 0 Å². The van der Waals surface area contributed by atoms with Crippen molar-refractivity contribution in [2.24, 2.45) is 7.05 Å². The monoisotopic (exact) mass is 272 g/mol. The molecule has 1 saturated heterocycles. The quantitative estimate of drug-likeness (QED) is 0.869. The molecule has 1 aliphatic heterocycles. The fourth-order valence-electron chi connectivity index (χ4n) is 2.67. The van der Waals surface area contributed by atoms with Gasteiger partial charge in [0.15, 0.2) is 5.82 Å². The minimum Gasteiger partial charge on any atom is -0.381 e. The molecule has 7 heteroatoms. The minimum atomic E-state index is -3.55. The average Bonchev–Trinajstić information content (AvgIpc) is 2.57. The molecule has 102 valence electrons. The Morgan fingerprint density at radius 2 is 1.89 bits per heavy atom. The Labute approximate surface area is 108 Å². The molecule has 0 aliphatic carbocycles. The first-order valence-electron chi connectivity index (χ1n) is 6.16. The van der Waals surface area contributed by atoms with Gasteiger partial charge < -0.3 is 5.73 Å². The number of sulfonamides is 1. The molecule has 0 saturated carbocycles. The zero-order valence-electron chi connectivity index (χ0n) is 11.0. The fraction of sp³-hybridized carbons (Fsp3) is 0.727. The Bertz CT molecular complexity index is 527. The Hall–Kier alpha value is -1.08. The molecule has 18 heavy (non-hydrogen) atoms. The highest BCUT2D eigenvalue weighted by atomic mass is 32.2. The minimum absolute atomic E-state index is 0.0124. The molecule has 0 bridgehead atoms. The van der Waals surface area contributed by atoms with Crippen LogP contribution in [0.25, 0.3) is 0 Å². The standard InChI is InChI=1S/C11H20N4O2S/c1-8-5-4-6-9(2)15(8)18(16,17)10-7-14(3)13-11(10)12/h7-9H,4-6H2,1-3H3,(H2,12,13). The van der Waals surface area contributed by atoms with Crippen LogP contribution < -0.4 is 5.73 Å². The predicted octanol–water partition coefficient (Wildman–Crippen LogP) is 0.954. The van der Waals surface area contributed by atoms with Crippen LogP contribution in [-0.2, 0) is 17.1 Å². The maximum Gasteiger partial charge on any atom is 0.248 e. The van der Waals surface area contributed by atoms with Crippen LogP contribution in [0.1, 0.15) is 33.1 Å². The van der Waals surface area contributed by atoms with E-state index >= 15 is 0 Å². The number of hydrogen-bond donors (Lipinski definition) is 1. The average molecular weight is 272 g/mol. The molecule has 2 atom stereocenters. The molecule has 1 aliphatic rings. The van der Waals surface area contributed by atoms with Crippen molar-refractivity contribution in [1.29, 1.82) is 0 Å². The molecule has 0 aromatic carbocycles. The summed E-state index contributed by atoms with van der Waals surface area (Å²) in [5.74, 6) is 0.0717. The lowest BCUT2D eigenvalue weighted by Gasteiger charge is -2.37. The van der Waals surface area contributed by atoms with Gasteiger partial charge in [-0.15, -0.1) is 0 Å². The van der Waals surface area contributed by atoms with E-state index in [1.54, 1.807) is 11.4 Å². The number of anilines is 1. The zero-order chi connectivity index (χ0) is 13.5. The third-order valence-electron chi connectivity index (χ3n) is 3.49. The third kappa shape index (κ3) is 2.12. The number of hydrogen-bond acceptors (Lipinski definition) is 4. The molecular formula is C11H20N4O2S. The molecule has 6 nitrogen and oxygen atoms in total. The van der Waals surface area contributed by atoms with E-state index in [1.165, 1.54) is 10.9 Å². The Morgan fingerprint density at radius 1 is 1.33 bits per heavy atom. The topological polar surface area (TPSA) is 81.2 Å². The van der Waals surface area contributed by atoms with Crippen LogP contribution in [-0.4, -0.2) is 34.6 Å². The van der Waals surface area contributed by atoms with E-state index < -0.39 is 10.0 Å². The lowest BCUT2D eigenvalue weighted by atomic mass is 10.0. The van der Waals surface area contributed by atoms with Gasteiger partial charge in [-0.05, 0) is 26.7 Å². The largest absolute Gasteiger partial charge is 0.381 e. The van der Waals surface area contributed by atoms with Crippen molar-refractivity contribution in [2.75, 3.05) is 5.73 Å². The van der Waals surface area contributed by atoms with E-state index in [2.05, 4.69) is 5.10 Å². The van der Waals surface area contributed by atoms with Crippen LogP contribution in [0.5, 0.6) is 0 Å². The first-order chi connectivity index (χ1) is 8.34. The number of nitrogens with zero attached hydrogens (tertiary/aromatic N) is 3. The normalized spacial score (nSPS) is 26.4. The van der Waals surface area contributed by atoms with Crippen LogP contribution in [0.15, 0.2) is 11.1 Å². The molecule has 1 aromatic rings. The van der Waals surface area contributed by atoms with Gasteiger partial charge in [0, 0.05) is 25.3 Å². The lowest BCUT2D eigenvalue weighted by molar-refractivity contribution is 0.204. The van der Waals surface area contributed by atoms with Crippen LogP contribution in [0.2, 0.25) is 0 Å². The summed E-state index contributed by atoms with van der Waals surface area (Å²) in [4.78, 5) is 0.116. The van der Waals surface area contributed by atoms with Gasteiger partial charge in [0.2, 0.25) is 10.0 Å². The molecule has 1 fully saturated rings. The van der Waals surface area contributed by atoms with Crippen molar-refractivity contribution in [1.82, 2.24) is 14.1 Å². The second-order valence-corrected chi connectivity index (χ2v) is 6.83. The number of aromatic nitrogens is 2. The molecule has 0 spiro atoms. The zero-order valence-corrected chi connectivity index (χ0v) is 11.8. The molecular weight excluding hydrogens is 252 g/mol. The third-order valence-corrected chi connectivity index (χ3v) is 5.64. The highest BCUT2D eigenvalue weighted by Gasteiger charge is 2.37. The predicted molar refractivity (Wildman–Crippen MR) is 69.4 cm³/mol. The summed E-state index contributed by atoms with van der Waals surface area (Å²) in [6.45, 7) is 3.89. The van der Waals surface area contributed by atoms with Crippen LogP contribution >= 0.6 is 0 Å². The molecule has 1 aromatic heterocycles. The van der Waals surface area contributed by atoms with Crippen LogP contribution in [0.4, 0.5) is 5.82 Å². The highest BCUT2D eigenvalue weighted by Crippen LogP contribution is 2.31. The summed E-state index contributed by atoms with van der Waals surface area (Å²) in [6.07, 6.45) is 4.32. The van der Waals surface area contributed by atoms with Crippen molar-refractivity contribution < 1.29 is 8.42 Å². The number of nitrogen functional groups attached to an aromatic ring is 1. The SMILES string of the molecule is CC1CCCC(C)N1S(=O)(=O)c1cn(C)nc1N. The van der Waals surface area contributed by atoms with Crippen LogP contribution in [0.3, 0.4) is 0 Å². The van der Waals surface area contributed by atoms with E-state index in [0.717, 1.165) is 19.3 Å². The van der Waals surface area contributed by atoms with Crippen molar-refractivity contribution in [3.8, 4) is 0 Å². The summed E-state index contributed by atoms with van der Waals surface area (Å²) < 4.78 is 28.3. The van der Waals surface area contributed by atoms with Gasteiger partial charge in [-0.1, -0.05) is 6.42 Å². The molecule has 0 radical (unpaired) electrons. The van der Waals surface area contributed by atoms with Gasteiger partial charge in [-0.3, -0.25) is 4.68 Å². The number of nitrogens with two attached hydrogens (primary N) is 1. The Kier molecular flexibility index (Phi) is 3.37. The van der Waals surface area contributed by atoms with Gasteiger partial charge >= 0.3 is 0 Å². The maximum atomic E-state index is 12.6. The van der Waals surface area contributed by atoms with E-state index in [1.807, 2.05) is 13.8 Å². The summed E-state index contributed by atoms with van der Waals surface area (Å²) in [6, 6.07) is 0.0247. The van der Waals surface area contributed by atoms with Crippen LogP contribution in [0, 0.1) is 0 Å². The second-order valence-electron chi connectivity index (χ2n) is 5.02. The van der Waals surface area contributed by atoms with E-state index in [-0.39, 0.29) is 22.8 Å². The molecule has 2 rings (SSSR count). The van der Waals surface area contributed by atoms with E-state index in [0.29, 0.717) is 0 Å². The molecule has 2 N–H and O–H groups in total. The first kappa shape index (κ1) is 13.4. The smallest absolute Gasteiger partial charge is 0.248 e. The van der Waals surface area contributed by atoms with Crippen molar-refractivity contribution >= 4 is 15.8 Å². The molecule has 0 amide bonds. The Morgan fingerprint density at radius 3 is 2.33 bits per heavy atom. The van der Waals surface area contributed by atoms with Crippen molar-refractivity contribution in [3.05, 3.63) is 6.20 Å². The van der Waals surface area contributed by atoms with Gasteiger partial charge in [0.1, 0.15) is 4.90 Å². The number of piperidine rings is 1. The second kappa shape index (κ2) is 4.55. The van der Waals surface area contributed by atoms with Gasteiger partial charge in [-0.25, -0.2) is 8.42 Å². The Balaban J connectivity index is 2.44. The summed E-state index contributed by atoms with van der Waals surface area (Å²) >= 11 is 0. The maximum absolute atomic E-state index is 12.6. The first-order valence-corrected chi connectivity index (χ1v) is 7.60. The van der Waals surface area contributed by atoms with Crippen molar-refractivity contribution in [2.45, 2.75) is 50.1 Å². The van der Waals surface area contributed by atoms with E-state index in [4.69, 9.17) is 5.73 Å². The summed E-state index contributed by atoms with van der Waals surface area (Å²) in [5, 5.41) is 3.91. The van der Waals surface area contributed by atoms with Gasteiger partial charge in [0.25, 0.3) is 0 Å².